The van der Waals surface area contributed by atoms with Crippen molar-refractivity contribution >= 4 is 11.7 Å². The zero-order valence-electron chi connectivity index (χ0n) is 17.1. The van der Waals surface area contributed by atoms with Gasteiger partial charge in [0.15, 0.2) is 0 Å². The van der Waals surface area contributed by atoms with Crippen LogP contribution in [0.25, 0.3) is 11.3 Å². The SMILES string of the molecule is O=C(NCc1cccnc1)c1ccc(-c2ccccc2)nc1NCCCn1ccnc1. The summed E-state index contributed by atoms with van der Waals surface area (Å²) in [6, 6.07) is 17.4. The van der Waals surface area contributed by atoms with Gasteiger partial charge in [-0.05, 0) is 30.2 Å². The monoisotopic (exact) mass is 412 g/mol. The number of anilines is 1. The van der Waals surface area contributed by atoms with Gasteiger partial charge in [-0.2, -0.15) is 0 Å². The summed E-state index contributed by atoms with van der Waals surface area (Å²) < 4.78 is 2.02. The first-order valence-corrected chi connectivity index (χ1v) is 10.2. The van der Waals surface area contributed by atoms with E-state index in [4.69, 9.17) is 4.98 Å². The quantitative estimate of drug-likeness (QED) is 0.409. The van der Waals surface area contributed by atoms with Crippen molar-refractivity contribution in [3.05, 3.63) is 96.8 Å². The molecule has 4 aromatic rings. The van der Waals surface area contributed by atoms with E-state index in [0.717, 1.165) is 29.8 Å². The van der Waals surface area contributed by atoms with Crippen molar-refractivity contribution in [3.8, 4) is 11.3 Å². The minimum absolute atomic E-state index is 0.173. The van der Waals surface area contributed by atoms with Gasteiger partial charge in [-0.15, -0.1) is 0 Å². The first kappa shape index (κ1) is 20.3. The smallest absolute Gasteiger partial charge is 0.255 e. The van der Waals surface area contributed by atoms with Gasteiger partial charge in [-0.1, -0.05) is 36.4 Å². The lowest BCUT2D eigenvalue weighted by molar-refractivity contribution is 0.0951. The van der Waals surface area contributed by atoms with E-state index in [0.29, 0.717) is 24.5 Å². The van der Waals surface area contributed by atoms with Gasteiger partial charge in [0.2, 0.25) is 0 Å². The van der Waals surface area contributed by atoms with E-state index in [-0.39, 0.29) is 5.91 Å². The molecule has 0 saturated carbocycles. The molecule has 31 heavy (non-hydrogen) atoms. The molecule has 0 aliphatic heterocycles. The van der Waals surface area contributed by atoms with E-state index >= 15 is 0 Å². The fourth-order valence-electron chi connectivity index (χ4n) is 3.21. The third-order valence-corrected chi connectivity index (χ3v) is 4.83. The average Bonchev–Trinajstić information content (AvgIpc) is 3.35. The summed E-state index contributed by atoms with van der Waals surface area (Å²) in [6.07, 6.45) is 9.83. The lowest BCUT2D eigenvalue weighted by Gasteiger charge is -2.13. The molecule has 1 amide bonds. The number of carbonyl (C=O) groups is 1. The number of aryl methyl sites for hydroxylation is 1. The van der Waals surface area contributed by atoms with Crippen molar-refractivity contribution in [1.82, 2.24) is 24.8 Å². The van der Waals surface area contributed by atoms with Gasteiger partial charge in [0.25, 0.3) is 5.91 Å². The summed E-state index contributed by atoms with van der Waals surface area (Å²) in [4.78, 5) is 25.8. The molecule has 1 aromatic carbocycles. The molecule has 4 rings (SSSR count). The van der Waals surface area contributed by atoms with E-state index in [1.165, 1.54) is 0 Å². The Morgan fingerprint density at radius 3 is 2.65 bits per heavy atom. The van der Waals surface area contributed by atoms with E-state index in [2.05, 4.69) is 20.6 Å². The van der Waals surface area contributed by atoms with Crippen LogP contribution in [-0.2, 0) is 13.1 Å². The summed E-state index contributed by atoms with van der Waals surface area (Å²) in [5.74, 6) is 0.406. The molecule has 0 atom stereocenters. The average molecular weight is 412 g/mol. The molecule has 0 unspecified atom stereocenters. The van der Waals surface area contributed by atoms with Gasteiger partial charge in [0.05, 0.1) is 17.6 Å². The summed E-state index contributed by atoms with van der Waals surface area (Å²) in [7, 11) is 0. The Hall–Kier alpha value is -4.00. The third kappa shape index (κ3) is 5.54. The highest BCUT2D eigenvalue weighted by molar-refractivity contribution is 5.99. The molecule has 0 radical (unpaired) electrons. The zero-order chi connectivity index (χ0) is 21.3. The number of nitrogens with one attached hydrogen (secondary N) is 2. The van der Waals surface area contributed by atoms with Gasteiger partial charge in [-0.25, -0.2) is 9.97 Å². The second-order valence-corrected chi connectivity index (χ2v) is 7.08. The van der Waals surface area contributed by atoms with Crippen LogP contribution in [0.4, 0.5) is 5.82 Å². The maximum absolute atomic E-state index is 12.9. The minimum atomic E-state index is -0.173. The Labute approximate surface area is 181 Å². The number of pyridine rings is 2. The predicted molar refractivity (Wildman–Crippen MR) is 120 cm³/mol. The van der Waals surface area contributed by atoms with Crippen molar-refractivity contribution in [2.24, 2.45) is 0 Å². The number of amides is 1. The van der Waals surface area contributed by atoms with Crippen molar-refractivity contribution in [2.45, 2.75) is 19.5 Å². The minimum Gasteiger partial charge on any atom is -0.369 e. The molecule has 0 bridgehead atoms. The fraction of sp³-hybridized carbons (Fsp3) is 0.167. The maximum Gasteiger partial charge on any atom is 0.255 e. The van der Waals surface area contributed by atoms with Gasteiger partial charge in [0.1, 0.15) is 5.82 Å². The maximum atomic E-state index is 12.9. The number of aromatic nitrogens is 4. The second kappa shape index (κ2) is 10.2. The van der Waals surface area contributed by atoms with Gasteiger partial charge in [0, 0.05) is 50.0 Å². The topological polar surface area (TPSA) is 84.7 Å². The van der Waals surface area contributed by atoms with E-state index < -0.39 is 0 Å². The number of rotatable bonds is 9. The fourth-order valence-corrected chi connectivity index (χ4v) is 3.21. The Balaban J connectivity index is 1.48. The molecule has 7 heteroatoms. The third-order valence-electron chi connectivity index (χ3n) is 4.83. The lowest BCUT2D eigenvalue weighted by atomic mass is 10.1. The lowest BCUT2D eigenvalue weighted by Crippen LogP contribution is -2.24. The van der Waals surface area contributed by atoms with Crippen molar-refractivity contribution in [3.63, 3.8) is 0 Å². The summed E-state index contributed by atoms with van der Waals surface area (Å²) >= 11 is 0. The van der Waals surface area contributed by atoms with Crippen LogP contribution in [-0.4, -0.2) is 32.0 Å². The number of hydrogen-bond acceptors (Lipinski definition) is 5. The highest BCUT2D eigenvalue weighted by Crippen LogP contribution is 2.22. The number of nitrogens with zero attached hydrogens (tertiary/aromatic N) is 4. The number of benzene rings is 1. The molecule has 0 aliphatic rings. The van der Waals surface area contributed by atoms with Crippen LogP contribution in [0.1, 0.15) is 22.3 Å². The second-order valence-electron chi connectivity index (χ2n) is 7.08. The molecule has 0 aliphatic carbocycles. The first-order chi connectivity index (χ1) is 15.3. The number of imidazole rings is 1. The van der Waals surface area contributed by atoms with Gasteiger partial charge < -0.3 is 15.2 Å². The number of hydrogen-bond donors (Lipinski definition) is 2. The summed E-state index contributed by atoms with van der Waals surface area (Å²) in [6.45, 7) is 1.94. The summed E-state index contributed by atoms with van der Waals surface area (Å²) in [5, 5.41) is 6.30. The Morgan fingerprint density at radius 1 is 0.968 bits per heavy atom. The van der Waals surface area contributed by atoms with Crippen LogP contribution in [0.3, 0.4) is 0 Å². The highest BCUT2D eigenvalue weighted by Gasteiger charge is 2.14. The molecule has 7 nitrogen and oxygen atoms in total. The van der Waals surface area contributed by atoms with Crippen LogP contribution in [0, 0.1) is 0 Å². The normalized spacial score (nSPS) is 10.6. The Kier molecular flexibility index (Phi) is 6.64. The van der Waals surface area contributed by atoms with Crippen LogP contribution in [0.2, 0.25) is 0 Å². The van der Waals surface area contributed by atoms with Crippen molar-refractivity contribution in [1.29, 1.82) is 0 Å². The van der Waals surface area contributed by atoms with E-state index in [1.807, 2.05) is 65.4 Å². The van der Waals surface area contributed by atoms with Gasteiger partial charge >= 0.3 is 0 Å². The molecule has 0 spiro atoms. The zero-order valence-corrected chi connectivity index (χ0v) is 17.1. The molecule has 156 valence electrons. The van der Waals surface area contributed by atoms with Crippen LogP contribution >= 0.6 is 0 Å². The van der Waals surface area contributed by atoms with E-state index in [1.54, 1.807) is 24.9 Å². The van der Waals surface area contributed by atoms with Crippen LogP contribution in [0.5, 0.6) is 0 Å². The number of carbonyl (C=O) groups excluding carboxylic acids is 1. The van der Waals surface area contributed by atoms with Crippen LogP contribution < -0.4 is 10.6 Å². The molecule has 3 heterocycles. The molecule has 0 saturated heterocycles. The highest BCUT2D eigenvalue weighted by atomic mass is 16.1. The molecular weight excluding hydrogens is 388 g/mol. The van der Waals surface area contributed by atoms with Crippen LogP contribution in [0.15, 0.2) is 85.7 Å². The molecular formula is C24H24N6O. The first-order valence-electron chi connectivity index (χ1n) is 10.2. The standard InChI is InChI=1S/C24H24N6O/c31-24(28-17-19-6-4-11-25-16-19)21-9-10-22(20-7-2-1-3-8-20)29-23(21)27-12-5-14-30-15-13-26-18-30/h1-4,6-11,13,15-16,18H,5,12,14,17H2,(H,27,29)(H,28,31). The Bertz CT molecular complexity index is 1100. The van der Waals surface area contributed by atoms with Crippen molar-refractivity contribution < 1.29 is 4.79 Å². The largest absolute Gasteiger partial charge is 0.369 e. The molecule has 2 N–H and O–H groups in total. The Morgan fingerprint density at radius 2 is 1.87 bits per heavy atom. The van der Waals surface area contributed by atoms with E-state index in [9.17, 15) is 4.79 Å². The summed E-state index contributed by atoms with van der Waals surface area (Å²) in [5.41, 5.74) is 3.29. The molecule has 3 aromatic heterocycles. The van der Waals surface area contributed by atoms with Crippen molar-refractivity contribution in [2.75, 3.05) is 11.9 Å². The molecule has 0 fully saturated rings. The van der Waals surface area contributed by atoms with Gasteiger partial charge in [-0.3, -0.25) is 9.78 Å². The predicted octanol–water partition coefficient (Wildman–Crippen LogP) is 3.77.